The molecule has 0 spiro atoms. The molecule has 0 aliphatic heterocycles. The van der Waals surface area contributed by atoms with Crippen LogP contribution in [0, 0.1) is 17.5 Å². The number of ether oxygens (including phenoxy) is 2. The average molecular weight is 499 g/mol. The Kier molecular flexibility index (Phi) is 6.76. The fourth-order valence-corrected chi connectivity index (χ4v) is 3.46. The molecule has 1 heterocycles. The lowest BCUT2D eigenvalue weighted by Gasteiger charge is -2.19. The lowest BCUT2D eigenvalue weighted by atomic mass is 10.1. The van der Waals surface area contributed by atoms with Crippen molar-refractivity contribution >= 4 is 32.9 Å². The van der Waals surface area contributed by atoms with Gasteiger partial charge in [-0.05, 0) is 66.5 Å². The van der Waals surface area contributed by atoms with Crippen molar-refractivity contribution in [2.24, 2.45) is 0 Å². The number of aromatic nitrogens is 2. The minimum absolute atomic E-state index is 0.00897. The van der Waals surface area contributed by atoms with Gasteiger partial charge in [0, 0.05) is 20.1 Å². The van der Waals surface area contributed by atoms with Gasteiger partial charge >= 0.3 is 5.97 Å². The summed E-state index contributed by atoms with van der Waals surface area (Å²) >= 11 is 2.95. The van der Waals surface area contributed by atoms with E-state index in [2.05, 4.69) is 20.9 Å². The first-order chi connectivity index (χ1) is 14.5. The van der Waals surface area contributed by atoms with Gasteiger partial charge in [-0.25, -0.2) is 22.9 Å². The molecule has 0 atom stereocenters. The van der Waals surface area contributed by atoms with E-state index in [1.165, 1.54) is 23.8 Å². The van der Waals surface area contributed by atoms with E-state index in [-0.39, 0.29) is 46.2 Å². The van der Waals surface area contributed by atoms with E-state index in [1.54, 1.807) is 20.8 Å². The van der Waals surface area contributed by atoms with Crippen molar-refractivity contribution in [3.8, 4) is 0 Å². The maximum absolute atomic E-state index is 15.4. The van der Waals surface area contributed by atoms with Crippen LogP contribution in [0.5, 0.6) is 0 Å². The molecule has 0 saturated carbocycles. The van der Waals surface area contributed by atoms with Gasteiger partial charge in [0.25, 0.3) is 0 Å². The highest BCUT2D eigenvalue weighted by Gasteiger charge is 2.25. The van der Waals surface area contributed by atoms with Crippen LogP contribution in [0.3, 0.4) is 0 Å². The van der Waals surface area contributed by atoms with Gasteiger partial charge < -0.3 is 14.0 Å². The van der Waals surface area contributed by atoms with Gasteiger partial charge in [0.15, 0.2) is 5.82 Å². The van der Waals surface area contributed by atoms with Gasteiger partial charge in [0.2, 0.25) is 0 Å². The summed E-state index contributed by atoms with van der Waals surface area (Å²) in [6.45, 7) is 5.50. The molecular weight excluding hydrogens is 477 g/mol. The SMILES string of the molecule is COCCn1c(Cc2cc(F)c(Br)cc2F)nc2ccc(C(=O)OC(C)(C)C)c(F)c21. The summed E-state index contributed by atoms with van der Waals surface area (Å²) in [5, 5.41) is 0. The molecule has 0 N–H and O–H groups in total. The second kappa shape index (κ2) is 9.00. The van der Waals surface area contributed by atoms with E-state index >= 15 is 4.39 Å². The van der Waals surface area contributed by atoms with Crippen molar-refractivity contribution in [2.75, 3.05) is 13.7 Å². The van der Waals surface area contributed by atoms with E-state index in [9.17, 15) is 13.6 Å². The van der Waals surface area contributed by atoms with Crippen LogP contribution in [0.15, 0.2) is 28.7 Å². The van der Waals surface area contributed by atoms with Crippen LogP contribution in [-0.4, -0.2) is 34.8 Å². The molecule has 1 aromatic heterocycles. The largest absolute Gasteiger partial charge is 0.456 e. The molecule has 166 valence electrons. The van der Waals surface area contributed by atoms with Crippen LogP contribution in [0.4, 0.5) is 13.2 Å². The van der Waals surface area contributed by atoms with Crippen molar-refractivity contribution in [1.82, 2.24) is 9.55 Å². The first kappa shape index (κ1) is 23.3. The number of fused-ring (bicyclic) bond motifs is 1. The number of imidazole rings is 1. The molecule has 0 saturated heterocycles. The van der Waals surface area contributed by atoms with Crippen LogP contribution in [-0.2, 0) is 22.4 Å². The molecule has 0 aliphatic carbocycles. The zero-order chi connectivity index (χ0) is 22.9. The summed E-state index contributed by atoms with van der Waals surface area (Å²) in [5.41, 5.74) is -0.582. The molecular formula is C22H22BrF3N2O3. The normalized spacial score (nSPS) is 11.9. The fourth-order valence-electron chi connectivity index (χ4n) is 3.15. The summed E-state index contributed by atoms with van der Waals surface area (Å²) in [5.74, 6) is -2.51. The molecule has 0 aliphatic rings. The molecule has 0 amide bonds. The first-order valence-electron chi connectivity index (χ1n) is 9.55. The van der Waals surface area contributed by atoms with Crippen LogP contribution < -0.4 is 0 Å². The number of rotatable bonds is 6. The third-order valence-electron chi connectivity index (χ3n) is 4.50. The van der Waals surface area contributed by atoms with Gasteiger partial charge in [-0.2, -0.15) is 0 Å². The maximum atomic E-state index is 15.4. The van der Waals surface area contributed by atoms with Gasteiger partial charge in [-0.15, -0.1) is 0 Å². The monoisotopic (exact) mass is 498 g/mol. The predicted octanol–water partition coefficient (Wildman–Crippen LogP) is 5.41. The number of carbonyl (C=O) groups excluding carboxylic acids is 1. The third kappa shape index (κ3) is 5.10. The molecule has 9 heteroatoms. The minimum atomic E-state index is -0.797. The van der Waals surface area contributed by atoms with Gasteiger partial charge in [-0.1, -0.05) is 0 Å². The van der Waals surface area contributed by atoms with E-state index in [0.717, 1.165) is 12.1 Å². The molecule has 0 fully saturated rings. The second-order valence-electron chi connectivity index (χ2n) is 8.00. The fraction of sp³-hybridized carbons (Fsp3) is 0.364. The summed E-state index contributed by atoms with van der Waals surface area (Å²) in [7, 11) is 1.49. The Bertz CT molecular complexity index is 1140. The summed E-state index contributed by atoms with van der Waals surface area (Å²) in [4.78, 5) is 16.9. The predicted molar refractivity (Wildman–Crippen MR) is 114 cm³/mol. The minimum Gasteiger partial charge on any atom is -0.456 e. The molecule has 31 heavy (non-hydrogen) atoms. The summed E-state index contributed by atoms with van der Waals surface area (Å²) < 4.78 is 55.6. The second-order valence-corrected chi connectivity index (χ2v) is 8.86. The van der Waals surface area contributed by atoms with Crippen molar-refractivity contribution in [3.63, 3.8) is 0 Å². The van der Waals surface area contributed by atoms with Crippen molar-refractivity contribution in [1.29, 1.82) is 0 Å². The number of esters is 1. The van der Waals surface area contributed by atoms with Crippen LogP contribution in [0.2, 0.25) is 0 Å². The smallest absolute Gasteiger partial charge is 0.341 e. The molecule has 3 rings (SSSR count). The Morgan fingerprint density at radius 3 is 2.52 bits per heavy atom. The number of hydrogen-bond acceptors (Lipinski definition) is 4. The Balaban J connectivity index is 2.11. The zero-order valence-corrected chi connectivity index (χ0v) is 19.1. The first-order valence-corrected chi connectivity index (χ1v) is 10.3. The van der Waals surface area contributed by atoms with Crippen LogP contribution >= 0.6 is 15.9 Å². The van der Waals surface area contributed by atoms with Crippen molar-refractivity contribution in [3.05, 3.63) is 63.1 Å². The maximum Gasteiger partial charge on any atom is 0.341 e. The standard InChI is InChI=1S/C22H22BrF3N2O3/c1-22(2,3)31-21(29)13-5-6-17-20(19(13)26)28(7-8-30-4)18(27-17)10-12-9-16(25)14(23)11-15(12)24/h5-6,9,11H,7-8,10H2,1-4H3. The lowest BCUT2D eigenvalue weighted by Crippen LogP contribution is -2.24. The number of methoxy groups -OCH3 is 1. The molecule has 0 radical (unpaired) electrons. The Morgan fingerprint density at radius 1 is 1.16 bits per heavy atom. The third-order valence-corrected chi connectivity index (χ3v) is 5.11. The molecule has 0 bridgehead atoms. The van der Waals surface area contributed by atoms with Gasteiger partial charge in [-0.3, -0.25) is 0 Å². The zero-order valence-electron chi connectivity index (χ0n) is 17.6. The highest BCUT2D eigenvalue weighted by Crippen LogP contribution is 2.27. The number of nitrogens with zero attached hydrogens (tertiary/aromatic N) is 2. The highest BCUT2D eigenvalue weighted by molar-refractivity contribution is 9.10. The number of hydrogen-bond donors (Lipinski definition) is 0. The van der Waals surface area contributed by atoms with Crippen LogP contribution in [0.1, 0.15) is 42.5 Å². The average Bonchev–Trinajstić information content (AvgIpc) is 3.01. The van der Waals surface area contributed by atoms with Crippen molar-refractivity contribution in [2.45, 2.75) is 39.3 Å². The number of benzene rings is 2. The summed E-state index contributed by atoms with van der Waals surface area (Å²) in [6.07, 6.45) is -0.0738. The lowest BCUT2D eigenvalue weighted by molar-refractivity contribution is 0.00650. The van der Waals surface area contributed by atoms with Crippen LogP contribution in [0.25, 0.3) is 11.0 Å². The number of carbonyl (C=O) groups is 1. The molecule has 2 aromatic carbocycles. The molecule has 5 nitrogen and oxygen atoms in total. The van der Waals surface area contributed by atoms with Gasteiger partial charge in [0.05, 0.1) is 22.2 Å². The topological polar surface area (TPSA) is 53.4 Å². The summed E-state index contributed by atoms with van der Waals surface area (Å²) in [6, 6.07) is 4.92. The van der Waals surface area contributed by atoms with E-state index in [0.29, 0.717) is 5.82 Å². The van der Waals surface area contributed by atoms with Crippen molar-refractivity contribution < 1.29 is 27.4 Å². The molecule has 3 aromatic rings. The van der Waals surface area contributed by atoms with E-state index in [1.807, 2.05) is 0 Å². The van der Waals surface area contributed by atoms with Gasteiger partial charge in [0.1, 0.15) is 28.6 Å². The molecule has 0 unspecified atom stereocenters. The van der Waals surface area contributed by atoms with E-state index in [4.69, 9.17) is 9.47 Å². The Morgan fingerprint density at radius 2 is 1.87 bits per heavy atom. The number of halogens is 4. The highest BCUT2D eigenvalue weighted by atomic mass is 79.9. The quantitative estimate of drug-likeness (QED) is 0.336. The Hall–Kier alpha value is -2.39. The van der Waals surface area contributed by atoms with E-state index < -0.39 is 29.0 Å². The Labute approximate surface area is 186 Å².